The van der Waals surface area contributed by atoms with Crippen molar-refractivity contribution < 1.29 is 0 Å². The van der Waals surface area contributed by atoms with Gasteiger partial charge in [-0.2, -0.15) is 0 Å². The number of thiophene rings is 1. The molecular formula is C17H25N3S. The third kappa shape index (κ3) is 4.29. The van der Waals surface area contributed by atoms with Gasteiger partial charge >= 0.3 is 0 Å². The van der Waals surface area contributed by atoms with Gasteiger partial charge in [0.15, 0.2) is 0 Å². The van der Waals surface area contributed by atoms with Gasteiger partial charge in [0.05, 0.1) is 0 Å². The summed E-state index contributed by atoms with van der Waals surface area (Å²) in [6.07, 6.45) is 3.08. The Kier molecular flexibility index (Phi) is 5.76. The molecule has 0 amide bonds. The Balaban J connectivity index is 2.16. The van der Waals surface area contributed by atoms with E-state index >= 15 is 0 Å². The van der Waals surface area contributed by atoms with E-state index in [0.29, 0.717) is 6.04 Å². The van der Waals surface area contributed by atoms with Gasteiger partial charge in [-0.15, -0.1) is 11.3 Å². The summed E-state index contributed by atoms with van der Waals surface area (Å²) in [5, 5.41) is 5.55. The van der Waals surface area contributed by atoms with E-state index < -0.39 is 0 Å². The number of anilines is 1. The van der Waals surface area contributed by atoms with Crippen LogP contribution >= 0.6 is 11.3 Å². The summed E-state index contributed by atoms with van der Waals surface area (Å²) < 4.78 is 0. The molecule has 1 atom stereocenters. The lowest BCUT2D eigenvalue weighted by atomic mass is 10.1. The van der Waals surface area contributed by atoms with E-state index in [9.17, 15) is 0 Å². The molecular weight excluding hydrogens is 278 g/mol. The first kappa shape index (κ1) is 16.0. The van der Waals surface area contributed by atoms with Gasteiger partial charge in [-0.05, 0) is 37.9 Å². The van der Waals surface area contributed by atoms with Crippen LogP contribution in [0.1, 0.15) is 30.0 Å². The molecule has 2 aromatic heterocycles. The molecule has 0 aromatic carbocycles. The Morgan fingerprint density at radius 3 is 2.90 bits per heavy atom. The molecule has 0 saturated carbocycles. The number of aryl methyl sites for hydroxylation is 1. The normalized spacial score (nSPS) is 12.4. The Morgan fingerprint density at radius 2 is 2.24 bits per heavy atom. The first-order valence-electron chi connectivity index (χ1n) is 7.53. The van der Waals surface area contributed by atoms with Crippen molar-refractivity contribution in [3.63, 3.8) is 0 Å². The van der Waals surface area contributed by atoms with Gasteiger partial charge in [-0.3, -0.25) is 4.98 Å². The molecule has 1 N–H and O–H groups in total. The van der Waals surface area contributed by atoms with Crippen molar-refractivity contribution in [2.75, 3.05) is 18.5 Å². The molecule has 0 bridgehead atoms. The first-order valence-corrected chi connectivity index (χ1v) is 8.41. The van der Waals surface area contributed by atoms with E-state index in [0.717, 1.165) is 25.2 Å². The Labute approximate surface area is 132 Å². The highest BCUT2D eigenvalue weighted by atomic mass is 32.1. The molecule has 0 aliphatic carbocycles. The van der Waals surface area contributed by atoms with Gasteiger partial charge < -0.3 is 10.2 Å². The van der Waals surface area contributed by atoms with Crippen LogP contribution in [0.25, 0.3) is 0 Å². The predicted molar refractivity (Wildman–Crippen MR) is 92.2 cm³/mol. The first-order chi connectivity index (χ1) is 10.1. The number of aromatic nitrogens is 1. The minimum Gasteiger partial charge on any atom is -0.371 e. The van der Waals surface area contributed by atoms with Crippen LogP contribution in [0.15, 0.2) is 29.8 Å². The van der Waals surface area contributed by atoms with E-state index in [1.165, 1.54) is 16.1 Å². The van der Waals surface area contributed by atoms with Crippen molar-refractivity contribution in [2.24, 2.45) is 0 Å². The van der Waals surface area contributed by atoms with Crippen molar-refractivity contribution >= 4 is 17.0 Å². The molecule has 4 heteroatoms. The fraction of sp³-hybridized carbons (Fsp3) is 0.471. The highest BCUT2D eigenvalue weighted by Crippen LogP contribution is 2.24. The monoisotopic (exact) mass is 303 g/mol. The van der Waals surface area contributed by atoms with E-state index in [4.69, 9.17) is 0 Å². The zero-order valence-corrected chi connectivity index (χ0v) is 14.2. The molecule has 0 saturated heterocycles. The third-order valence-corrected chi connectivity index (χ3v) is 4.68. The lowest BCUT2D eigenvalue weighted by Crippen LogP contribution is -2.32. The van der Waals surface area contributed by atoms with Crippen molar-refractivity contribution in [3.05, 3.63) is 45.9 Å². The van der Waals surface area contributed by atoms with Crippen LogP contribution in [0.5, 0.6) is 0 Å². The number of pyridine rings is 1. The van der Waals surface area contributed by atoms with Crippen LogP contribution in [0.4, 0.5) is 5.69 Å². The maximum absolute atomic E-state index is 4.45. The van der Waals surface area contributed by atoms with Gasteiger partial charge in [0, 0.05) is 54.1 Å². The van der Waals surface area contributed by atoms with Gasteiger partial charge in [0.1, 0.15) is 0 Å². The van der Waals surface area contributed by atoms with Crippen LogP contribution in [-0.2, 0) is 13.0 Å². The van der Waals surface area contributed by atoms with Crippen molar-refractivity contribution in [3.8, 4) is 0 Å². The van der Waals surface area contributed by atoms with Crippen molar-refractivity contribution in [1.29, 1.82) is 0 Å². The van der Waals surface area contributed by atoms with Gasteiger partial charge in [-0.1, -0.05) is 13.0 Å². The summed E-state index contributed by atoms with van der Waals surface area (Å²) in [4.78, 5) is 8.26. The van der Waals surface area contributed by atoms with E-state index in [2.05, 4.69) is 66.6 Å². The van der Waals surface area contributed by atoms with E-state index in [-0.39, 0.29) is 0 Å². The number of nitrogens with zero attached hydrogens (tertiary/aromatic N) is 2. The van der Waals surface area contributed by atoms with Crippen molar-refractivity contribution in [2.45, 2.75) is 39.8 Å². The van der Waals surface area contributed by atoms with Crippen LogP contribution in [0, 0.1) is 6.92 Å². The molecule has 0 fully saturated rings. The van der Waals surface area contributed by atoms with Gasteiger partial charge in [0.2, 0.25) is 0 Å². The molecule has 2 rings (SSSR count). The van der Waals surface area contributed by atoms with Crippen molar-refractivity contribution in [1.82, 2.24) is 10.3 Å². The number of hydrogen-bond acceptors (Lipinski definition) is 4. The lowest BCUT2D eigenvalue weighted by molar-refractivity contribution is 0.673. The Hall–Kier alpha value is -1.39. The van der Waals surface area contributed by atoms with Crippen LogP contribution < -0.4 is 10.2 Å². The summed E-state index contributed by atoms with van der Waals surface area (Å²) in [6, 6.07) is 7.00. The summed E-state index contributed by atoms with van der Waals surface area (Å²) >= 11 is 1.83. The standard InChI is InChI=1S/C17H25N3S/c1-5-18-11-15-12-19-13(2)9-17(15)20(4)14(3)10-16-7-6-8-21-16/h6-9,12,14,18H,5,10-11H2,1-4H3. The fourth-order valence-electron chi connectivity index (χ4n) is 2.39. The fourth-order valence-corrected chi connectivity index (χ4v) is 3.22. The summed E-state index contributed by atoms with van der Waals surface area (Å²) in [6.45, 7) is 8.31. The maximum Gasteiger partial charge on any atom is 0.0445 e. The number of likely N-dealkylation sites (N-methyl/N-ethyl adjacent to an activating group) is 1. The second-order valence-corrected chi connectivity index (χ2v) is 6.51. The summed E-state index contributed by atoms with van der Waals surface area (Å²) in [7, 11) is 2.18. The average molecular weight is 303 g/mol. The Morgan fingerprint density at radius 1 is 1.43 bits per heavy atom. The van der Waals surface area contributed by atoms with Crippen LogP contribution in [0.2, 0.25) is 0 Å². The summed E-state index contributed by atoms with van der Waals surface area (Å²) in [5.41, 5.74) is 3.62. The van der Waals surface area contributed by atoms with Crippen LogP contribution in [-0.4, -0.2) is 24.6 Å². The Bertz CT molecular complexity index is 551. The average Bonchev–Trinajstić information content (AvgIpc) is 2.98. The number of rotatable bonds is 7. The smallest absolute Gasteiger partial charge is 0.0445 e. The molecule has 1 unspecified atom stereocenters. The van der Waals surface area contributed by atoms with Crippen LogP contribution in [0.3, 0.4) is 0 Å². The number of hydrogen-bond donors (Lipinski definition) is 1. The number of nitrogens with one attached hydrogen (secondary N) is 1. The molecule has 0 aliphatic heterocycles. The zero-order valence-electron chi connectivity index (χ0n) is 13.4. The van der Waals surface area contributed by atoms with Gasteiger partial charge in [-0.25, -0.2) is 0 Å². The molecule has 2 aromatic rings. The third-order valence-electron chi connectivity index (χ3n) is 3.78. The molecule has 0 aliphatic rings. The van der Waals surface area contributed by atoms with E-state index in [1.807, 2.05) is 17.5 Å². The summed E-state index contributed by atoms with van der Waals surface area (Å²) in [5.74, 6) is 0. The largest absolute Gasteiger partial charge is 0.371 e. The molecule has 0 spiro atoms. The molecule has 2 heterocycles. The topological polar surface area (TPSA) is 28.2 Å². The van der Waals surface area contributed by atoms with E-state index in [1.54, 1.807) is 0 Å². The lowest BCUT2D eigenvalue weighted by Gasteiger charge is -2.29. The SMILES string of the molecule is CCNCc1cnc(C)cc1N(C)C(C)Cc1cccs1. The maximum atomic E-state index is 4.45. The minimum absolute atomic E-state index is 0.464. The minimum atomic E-state index is 0.464. The molecule has 0 radical (unpaired) electrons. The second kappa shape index (κ2) is 7.57. The predicted octanol–water partition coefficient (Wildman–Crippen LogP) is 3.63. The highest BCUT2D eigenvalue weighted by molar-refractivity contribution is 7.09. The highest BCUT2D eigenvalue weighted by Gasteiger charge is 2.15. The molecule has 21 heavy (non-hydrogen) atoms. The molecule has 3 nitrogen and oxygen atoms in total. The zero-order chi connectivity index (χ0) is 15.2. The second-order valence-electron chi connectivity index (χ2n) is 5.48. The van der Waals surface area contributed by atoms with Gasteiger partial charge in [0.25, 0.3) is 0 Å². The quantitative estimate of drug-likeness (QED) is 0.846. The molecule has 114 valence electrons.